The number of nitrogens with zero attached hydrogens (tertiary/aromatic N) is 2. The maximum absolute atomic E-state index is 13.3. The number of para-hydroxylation sites is 1. The first kappa shape index (κ1) is 19.4. The number of hydrogen-bond acceptors (Lipinski definition) is 4. The molecular formula is C28H20N2O3. The fourth-order valence-corrected chi connectivity index (χ4v) is 4.41. The molecule has 0 atom stereocenters. The predicted molar refractivity (Wildman–Crippen MR) is 128 cm³/mol. The second-order valence-electron chi connectivity index (χ2n) is 8.60. The Morgan fingerprint density at radius 1 is 0.848 bits per heavy atom. The van der Waals surface area contributed by atoms with Crippen molar-refractivity contribution in [3.05, 3.63) is 101 Å². The minimum atomic E-state index is -0.275. The lowest BCUT2D eigenvalue weighted by molar-refractivity contribution is 0.0990. The van der Waals surface area contributed by atoms with Crippen LogP contribution in [-0.4, -0.2) is 21.1 Å². The SMILES string of the molecule is CC(C)c1cc2c(nc(C=C3C(=O)c4cc5ccccc5cc4C3=O)n2-c2ccccc2)o1. The molecule has 33 heavy (non-hydrogen) atoms. The summed E-state index contributed by atoms with van der Waals surface area (Å²) < 4.78 is 7.90. The third-order valence-electron chi connectivity index (χ3n) is 6.12. The first-order chi connectivity index (χ1) is 16.0. The van der Waals surface area contributed by atoms with Gasteiger partial charge in [-0.05, 0) is 41.1 Å². The van der Waals surface area contributed by atoms with Crippen LogP contribution in [0.15, 0.2) is 82.8 Å². The molecule has 2 aromatic heterocycles. The van der Waals surface area contributed by atoms with Crippen molar-refractivity contribution < 1.29 is 14.0 Å². The van der Waals surface area contributed by atoms with Crippen molar-refractivity contribution >= 4 is 39.6 Å². The zero-order valence-corrected chi connectivity index (χ0v) is 18.2. The molecule has 1 aliphatic rings. The maximum atomic E-state index is 13.3. The van der Waals surface area contributed by atoms with Crippen LogP contribution in [-0.2, 0) is 0 Å². The van der Waals surface area contributed by atoms with E-state index in [1.54, 1.807) is 18.2 Å². The summed E-state index contributed by atoms with van der Waals surface area (Å²) in [5.74, 6) is 0.986. The minimum absolute atomic E-state index is 0.120. The van der Waals surface area contributed by atoms with Gasteiger partial charge in [-0.3, -0.25) is 14.2 Å². The predicted octanol–water partition coefficient (Wildman–Crippen LogP) is 6.36. The zero-order valence-electron chi connectivity index (χ0n) is 18.2. The molecule has 5 aromatic rings. The number of rotatable bonds is 3. The number of aromatic nitrogens is 2. The normalized spacial score (nSPS) is 13.5. The molecule has 0 saturated heterocycles. The van der Waals surface area contributed by atoms with Crippen molar-refractivity contribution in [3.8, 4) is 5.69 Å². The summed E-state index contributed by atoms with van der Waals surface area (Å²) >= 11 is 0. The number of allylic oxidation sites excluding steroid dienone is 1. The van der Waals surface area contributed by atoms with Crippen LogP contribution >= 0.6 is 0 Å². The van der Waals surface area contributed by atoms with Crippen LogP contribution in [0.2, 0.25) is 0 Å². The number of carbonyl (C=O) groups is 2. The highest BCUT2D eigenvalue weighted by atomic mass is 16.3. The summed E-state index contributed by atoms with van der Waals surface area (Å²) in [6, 6.07) is 23.0. The molecule has 5 nitrogen and oxygen atoms in total. The van der Waals surface area contributed by atoms with Crippen LogP contribution in [0.1, 0.15) is 52.1 Å². The van der Waals surface area contributed by atoms with Gasteiger partial charge >= 0.3 is 0 Å². The highest BCUT2D eigenvalue weighted by molar-refractivity contribution is 6.42. The van der Waals surface area contributed by atoms with E-state index in [2.05, 4.69) is 18.8 Å². The average molecular weight is 432 g/mol. The summed E-state index contributed by atoms with van der Waals surface area (Å²) in [5, 5.41) is 1.87. The fourth-order valence-electron chi connectivity index (χ4n) is 4.41. The van der Waals surface area contributed by atoms with Gasteiger partial charge in [-0.2, -0.15) is 4.98 Å². The standard InChI is InChI=1S/C28H20N2O3/c1-16(2)24-15-23-28(33-24)29-25(30(23)19-10-4-3-5-11-19)14-22-26(31)20-12-17-8-6-7-9-18(17)13-21(20)27(22)32/h3-16H,1-2H3. The summed E-state index contributed by atoms with van der Waals surface area (Å²) in [6.07, 6.45) is 1.59. The number of Topliss-reactive ketones (excluding diaryl/α,β-unsaturated/α-hetero) is 2. The van der Waals surface area contributed by atoms with E-state index in [0.29, 0.717) is 22.7 Å². The van der Waals surface area contributed by atoms with E-state index in [4.69, 9.17) is 4.42 Å². The summed E-state index contributed by atoms with van der Waals surface area (Å²) in [6.45, 7) is 4.12. The van der Waals surface area contributed by atoms with E-state index >= 15 is 0 Å². The van der Waals surface area contributed by atoms with Crippen molar-refractivity contribution in [1.29, 1.82) is 0 Å². The topological polar surface area (TPSA) is 65.1 Å². The van der Waals surface area contributed by atoms with Gasteiger partial charge in [0.15, 0.2) is 11.6 Å². The molecular weight excluding hydrogens is 412 g/mol. The third kappa shape index (κ3) is 2.97. The lowest BCUT2D eigenvalue weighted by Crippen LogP contribution is -2.03. The van der Waals surface area contributed by atoms with Gasteiger partial charge in [0.1, 0.15) is 17.1 Å². The van der Waals surface area contributed by atoms with Crippen LogP contribution in [0.3, 0.4) is 0 Å². The quantitative estimate of drug-likeness (QED) is 0.246. The van der Waals surface area contributed by atoms with E-state index in [0.717, 1.165) is 27.7 Å². The average Bonchev–Trinajstić information content (AvgIpc) is 3.45. The third-order valence-corrected chi connectivity index (χ3v) is 6.12. The highest BCUT2D eigenvalue weighted by Gasteiger charge is 2.34. The Kier molecular flexibility index (Phi) is 4.20. The number of imidazole rings is 1. The Morgan fingerprint density at radius 2 is 1.45 bits per heavy atom. The molecule has 3 aromatic carbocycles. The largest absolute Gasteiger partial charge is 0.441 e. The van der Waals surface area contributed by atoms with E-state index in [9.17, 15) is 9.59 Å². The second kappa shape index (κ2) is 7.14. The van der Waals surface area contributed by atoms with E-state index in [1.807, 2.05) is 65.2 Å². The minimum Gasteiger partial charge on any atom is -0.441 e. The van der Waals surface area contributed by atoms with Gasteiger partial charge in [0.25, 0.3) is 0 Å². The maximum Gasteiger partial charge on any atom is 0.245 e. The van der Waals surface area contributed by atoms with Gasteiger partial charge in [-0.1, -0.05) is 56.3 Å². The van der Waals surface area contributed by atoms with Gasteiger partial charge in [0.05, 0.1) is 5.57 Å². The molecule has 1 aliphatic carbocycles. The molecule has 0 bridgehead atoms. The zero-order chi connectivity index (χ0) is 22.7. The number of carbonyl (C=O) groups excluding carboxylic acids is 2. The molecule has 160 valence electrons. The number of furan rings is 1. The summed E-state index contributed by atoms with van der Waals surface area (Å²) in [5.41, 5.74) is 3.16. The van der Waals surface area contributed by atoms with Crippen LogP contribution in [0.5, 0.6) is 0 Å². The summed E-state index contributed by atoms with van der Waals surface area (Å²) in [4.78, 5) is 31.2. The van der Waals surface area contributed by atoms with E-state index in [1.165, 1.54) is 0 Å². The number of fused-ring (bicyclic) bond motifs is 3. The molecule has 0 N–H and O–H groups in total. The number of benzene rings is 3. The van der Waals surface area contributed by atoms with Gasteiger partial charge < -0.3 is 4.42 Å². The van der Waals surface area contributed by atoms with Crippen LogP contribution in [0.25, 0.3) is 33.8 Å². The molecule has 0 fully saturated rings. The van der Waals surface area contributed by atoms with E-state index in [-0.39, 0.29) is 23.1 Å². The van der Waals surface area contributed by atoms with Crippen molar-refractivity contribution in [1.82, 2.24) is 9.55 Å². The fraction of sp³-hybridized carbons (Fsp3) is 0.107. The lowest BCUT2D eigenvalue weighted by Gasteiger charge is -2.06. The number of hydrogen-bond donors (Lipinski definition) is 0. The molecule has 6 rings (SSSR count). The summed E-state index contributed by atoms with van der Waals surface area (Å²) in [7, 11) is 0. The first-order valence-electron chi connectivity index (χ1n) is 10.9. The van der Waals surface area contributed by atoms with Gasteiger partial charge in [0, 0.05) is 28.8 Å². The Morgan fingerprint density at radius 3 is 2.06 bits per heavy atom. The molecule has 0 unspecified atom stereocenters. The molecule has 0 saturated carbocycles. The molecule has 0 aliphatic heterocycles. The van der Waals surface area contributed by atoms with Crippen molar-refractivity contribution in [2.75, 3.05) is 0 Å². The Bertz CT molecular complexity index is 1560. The molecule has 5 heteroatoms. The highest BCUT2D eigenvalue weighted by Crippen LogP contribution is 2.33. The lowest BCUT2D eigenvalue weighted by atomic mass is 10.0. The monoisotopic (exact) mass is 432 g/mol. The molecule has 0 amide bonds. The van der Waals surface area contributed by atoms with Crippen LogP contribution in [0, 0.1) is 0 Å². The molecule has 0 radical (unpaired) electrons. The van der Waals surface area contributed by atoms with E-state index < -0.39 is 0 Å². The van der Waals surface area contributed by atoms with Crippen LogP contribution < -0.4 is 0 Å². The van der Waals surface area contributed by atoms with Gasteiger partial charge in [-0.25, -0.2) is 0 Å². The Hall–Kier alpha value is -4.25. The van der Waals surface area contributed by atoms with Gasteiger partial charge in [-0.15, -0.1) is 0 Å². The van der Waals surface area contributed by atoms with Gasteiger partial charge in [0.2, 0.25) is 5.71 Å². The Labute approximate surface area is 190 Å². The van der Waals surface area contributed by atoms with Crippen LogP contribution in [0.4, 0.5) is 0 Å². The van der Waals surface area contributed by atoms with Crippen molar-refractivity contribution in [2.24, 2.45) is 0 Å². The molecule has 2 heterocycles. The van der Waals surface area contributed by atoms with Crippen molar-refractivity contribution in [2.45, 2.75) is 19.8 Å². The smallest absolute Gasteiger partial charge is 0.245 e. The Balaban J connectivity index is 1.54. The van der Waals surface area contributed by atoms with Crippen molar-refractivity contribution in [3.63, 3.8) is 0 Å². The second-order valence-corrected chi connectivity index (χ2v) is 8.60. The number of ketones is 2. The molecule has 0 spiro atoms. The first-order valence-corrected chi connectivity index (χ1v) is 10.9.